The van der Waals surface area contributed by atoms with Gasteiger partial charge in [0.15, 0.2) is 0 Å². The highest BCUT2D eigenvalue weighted by molar-refractivity contribution is 7.80. The fraction of sp³-hybridized carbons (Fsp3) is 0.857. The summed E-state index contributed by atoms with van der Waals surface area (Å²) >= 11 is 5.52. The zero-order valence-corrected chi connectivity index (χ0v) is 13.1. The van der Waals surface area contributed by atoms with Crippen molar-refractivity contribution in [2.45, 2.75) is 52.2 Å². The normalized spacial score (nSPS) is 24.3. The number of hydrogen-bond acceptors (Lipinski definition) is 3. The van der Waals surface area contributed by atoms with E-state index in [2.05, 4.69) is 11.8 Å². The molecule has 0 N–H and O–H groups in total. The molecule has 1 aliphatic carbocycles. The Morgan fingerprint density at radius 3 is 2.37 bits per heavy atom. The van der Waals surface area contributed by atoms with Gasteiger partial charge in [-0.3, -0.25) is 0 Å². The average Bonchev–Trinajstić information content (AvgIpc) is 3.09. The first-order chi connectivity index (χ1) is 8.78. The molecule has 2 aliphatic rings. The minimum atomic E-state index is -0.430. The number of thiocarbonyl (C=S) groups is 1. The van der Waals surface area contributed by atoms with Gasteiger partial charge in [-0.15, -0.1) is 0 Å². The monoisotopic (exact) mass is 284 g/mol. The molecule has 0 aromatic heterocycles. The summed E-state index contributed by atoms with van der Waals surface area (Å²) in [5.41, 5.74) is -0.430. The Kier molecular flexibility index (Phi) is 4.04. The van der Waals surface area contributed by atoms with Crippen LogP contribution in [-0.4, -0.2) is 52.2 Å². The number of nitrogens with zero attached hydrogens (tertiary/aromatic N) is 2. The predicted molar refractivity (Wildman–Crippen MR) is 79.3 cm³/mol. The summed E-state index contributed by atoms with van der Waals surface area (Å²) in [5, 5.41) is 0. The highest BCUT2D eigenvalue weighted by atomic mass is 32.1. The highest BCUT2D eigenvalue weighted by Crippen LogP contribution is 2.33. The van der Waals surface area contributed by atoms with E-state index in [1.165, 1.54) is 12.8 Å². The van der Waals surface area contributed by atoms with Gasteiger partial charge < -0.3 is 14.5 Å². The lowest BCUT2D eigenvalue weighted by Crippen LogP contribution is -2.56. The molecule has 5 heteroatoms. The van der Waals surface area contributed by atoms with Gasteiger partial charge in [0, 0.05) is 31.6 Å². The summed E-state index contributed by atoms with van der Waals surface area (Å²) in [5.74, 6) is 0.616. The number of rotatable bonds is 1. The molecule has 0 bridgehead atoms. The van der Waals surface area contributed by atoms with E-state index in [1.807, 2.05) is 20.8 Å². The molecule has 1 atom stereocenters. The van der Waals surface area contributed by atoms with Crippen molar-refractivity contribution in [3.63, 3.8) is 0 Å². The van der Waals surface area contributed by atoms with Gasteiger partial charge in [-0.05, 0) is 40.5 Å². The number of ether oxygens (including phenoxy) is 1. The molecule has 0 aromatic carbocycles. The largest absolute Gasteiger partial charge is 0.444 e. The Hall–Kier alpha value is -0.840. The third kappa shape index (κ3) is 3.81. The van der Waals surface area contributed by atoms with Crippen molar-refractivity contribution >= 4 is 23.3 Å². The van der Waals surface area contributed by atoms with Crippen LogP contribution >= 0.6 is 12.2 Å². The highest BCUT2D eigenvalue weighted by Gasteiger charge is 2.36. The molecule has 2 rings (SSSR count). The number of carbonyl (C=O) groups excluding carboxylic acids is 1. The van der Waals surface area contributed by atoms with E-state index in [1.54, 1.807) is 4.90 Å². The van der Waals surface area contributed by atoms with Crippen molar-refractivity contribution in [1.29, 1.82) is 0 Å². The third-order valence-corrected chi connectivity index (χ3v) is 4.06. The van der Waals surface area contributed by atoms with E-state index in [9.17, 15) is 4.79 Å². The summed E-state index contributed by atoms with van der Waals surface area (Å²) in [7, 11) is 0. The lowest BCUT2D eigenvalue weighted by Gasteiger charge is -2.41. The van der Waals surface area contributed by atoms with Gasteiger partial charge in [0.05, 0.1) is 4.99 Å². The van der Waals surface area contributed by atoms with Gasteiger partial charge in [0.1, 0.15) is 5.60 Å². The summed E-state index contributed by atoms with van der Waals surface area (Å²) in [6.07, 6.45) is 2.26. The van der Waals surface area contributed by atoms with Crippen LogP contribution in [0, 0.1) is 5.92 Å². The molecular formula is C14H24N2O2S. The quantitative estimate of drug-likeness (QED) is 0.693. The number of carbonyl (C=O) groups is 1. The zero-order chi connectivity index (χ0) is 14.2. The van der Waals surface area contributed by atoms with E-state index in [4.69, 9.17) is 17.0 Å². The second kappa shape index (κ2) is 5.27. The van der Waals surface area contributed by atoms with Gasteiger partial charge in [-0.25, -0.2) is 4.79 Å². The first-order valence-corrected chi connectivity index (χ1v) is 7.47. The summed E-state index contributed by atoms with van der Waals surface area (Å²) < 4.78 is 5.42. The van der Waals surface area contributed by atoms with E-state index in [0.717, 1.165) is 11.5 Å². The van der Waals surface area contributed by atoms with E-state index in [-0.39, 0.29) is 12.1 Å². The number of amides is 1. The van der Waals surface area contributed by atoms with Gasteiger partial charge in [0.2, 0.25) is 0 Å². The third-order valence-electron chi connectivity index (χ3n) is 3.49. The van der Waals surface area contributed by atoms with Crippen molar-refractivity contribution in [2.75, 3.05) is 19.6 Å². The predicted octanol–water partition coefficient (Wildman–Crippen LogP) is 2.67. The maximum atomic E-state index is 12.0. The van der Waals surface area contributed by atoms with Crippen LogP contribution in [0.5, 0.6) is 0 Å². The second-order valence-electron chi connectivity index (χ2n) is 6.58. The SMILES string of the molecule is C[C@H]1CN(C(=O)OC(C)(C)C)CCN1C(=S)C1CC1. The summed E-state index contributed by atoms with van der Waals surface area (Å²) in [6, 6.07) is 0.286. The molecular weight excluding hydrogens is 260 g/mol. The first kappa shape index (κ1) is 14.6. The van der Waals surface area contributed by atoms with Crippen molar-refractivity contribution in [2.24, 2.45) is 5.92 Å². The molecule has 0 radical (unpaired) electrons. The zero-order valence-electron chi connectivity index (χ0n) is 12.3. The van der Waals surface area contributed by atoms with Crippen molar-refractivity contribution in [3.8, 4) is 0 Å². The van der Waals surface area contributed by atoms with Crippen LogP contribution in [0.25, 0.3) is 0 Å². The lowest BCUT2D eigenvalue weighted by molar-refractivity contribution is 0.0133. The minimum Gasteiger partial charge on any atom is -0.444 e. The maximum absolute atomic E-state index is 12.0. The van der Waals surface area contributed by atoms with E-state index < -0.39 is 5.60 Å². The average molecular weight is 284 g/mol. The maximum Gasteiger partial charge on any atom is 0.410 e. The fourth-order valence-electron chi connectivity index (χ4n) is 2.34. The van der Waals surface area contributed by atoms with E-state index in [0.29, 0.717) is 19.0 Å². The minimum absolute atomic E-state index is 0.212. The van der Waals surface area contributed by atoms with Gasteiger partial charge in [-0.1, -0.05) is 12.2 Å². The van der Waals surface area contributed by atoms with Crippen LogP contribution < -0.4 is 0 Å². The standard InChI is InChI=1S/C14H24N2O2S/c1-10-9-15(13(17)18-14(2,3)4)7-8-16(10)12(19)11-5-6-11/h10-11H,5-9H2,1-4H3/t10-/m0/s1. The number of piperazine rings is 1. The van der Waals surface area contributed by atoms with Crippen LogP contribution in [-0.2, 0) is 4.74 Å². The van der Waals surface area contributed by atoms with Crippen LogP contribution in [0.15, 0.2) is 0 Å². The summed E-state index contributed by atoms with van der Waals surface area (Å²) in [4.78, 5) is 17.2. The molecule has 1 saturated carbocycles. The molecule has 1 aliphatic heterocycles. The Balaban J connectivity index is 1.88. The van der Waals surface area contributed by atoms with Crippen LogP contribution in [0.3, 0.4) is 0 Å². The van der Waals surface area contributed by atoms with Gasteiger partial charge >= 0.3 is 6.09 Å². The van der Waals surface area contributed by atoms with Gasteiger partial charge in [-0.2, -0.15) is 0 Å². The van der Waals surface area contributed by atoms with Crippen molar-refractivity contribution in [3.05, 3.63) is 0 Å². The Bertz CT molecular complexity index is 374. The van der Waals surface area contributed by atoms with Crippen LogP contribution in [0.1, 0.15) is 40.5 Å². The van der Waals surface area contributed by atoms with Crippen LogP contribution in [0.4, 0.5) is 4.79 Å². The molecule has 108 valence electrons. The fourth-order valence-corrected chi connectivity index (χ4v) is 2.85. The molecule has 19 heavy (non-hydrogen) atoms. The Morgan fingerprint density at radius 1 is 1.26 bits per heavy atom. The first-order valence-electron chi connectivity index (χ1n) is 7.06. The summed E-state index contributed by atoms with van der Waals surface area (Å²) in [6.45, 7) is 10.0. The van der Waals surface area contributed by atoms with E-state index >= 15 is 0 Å². The molecule has 1 saturated heterocycles. The van der Waals surface area contributed by atoms with Crippen molar-refractivity contribution in [1.82, 2.24) is 9.80 Å². The Labute approximate surface area is 121 Å². The smallest absolute Gasteiger partial charge is 0.410 e. The van der Waals surface area contributed by atoms with Crippen LogP contribution in [0.2, 0.25) is 0 Å². The molecule has 1 amide bonds. The van der Waals surface area contributed by atoms with Crippen molar-refractivity contribution < 1.29 is 9.53 Å². The molecule has 4 nitrogen and oxygen atoms in total. The molecule has 0 unspecified atom stereocenters. The van der Waals surface area contributed by atoms with Gasteiger partial charge in [0.25, 0.3) is 0 Å². The molecule has 2 fully saturated rings. The number of hydrogen-bond donors (Lipinski definition) is 0. The Morgan fingerprint density at radius 2 is 1.89 bits per heavy atom. The topological polar surface area (TPSA) is 32.8 Å². The molecule has 1 heterocycles. The molecule has 0 aromatic rings. The lowest BCUT2D eigenvalue weighted by atomic mass is 10.1. The second-order valence-corrected chi connectivity index (χ2v) is 7.00. The molecule has 0 spiro atoms.